The van der Waals surface area contributed by atoms with E-state index in [2.05, 4.69) is 10.6 Å². The molecule has 1 aromatic carbocycles. The molecule has 0 aromatic heterocycles. The topological polar surface area (TPSA) is 59.6 Å². The van der Waals surface area contributed by atoms with Crippen LogP contribution in [0.25, 0.3) is 0 Å². The number of ether oxygens (including phenoxy) is 2. The first-order valence-electron chi connectivity index (χ1n) is 7.01. The smallest absolute Gasteiger partial charge is 0.237 e. The number of carbonyl (C=O) groups excluding carboxylic acids is 1. The highest BCUT2D eigenvalue weighted by molar-refractivity contribution is 5.85. The van der Waals surface area contributed by atoms with Gasteiger partial charge in [-0.05, 0) is 37.1 Å². The third-order valence-electron chi connectivity index (χ3n) is 3.32. The molecule has 0 bridgehead atoms. The maximum atomic E-state index is 11.8. The molecule has 118 valence electrons. The monoisotopic (exact) mass is 314 g/mol. The van der Waals surface area contributed by atoms with Crippen molar-refractivity contribution in [3.05, 3.63) is 29.8 Å². The van der Waals surface area contributed by atoms with E-state index >= 15 is 0 Å². The second kappa shape index (κ2) is 9.60. The largest absolute Gasteiger partial charge is 0.491 e. The molecule has 1 heterocycles. The summed E-state index contributed by atoms with van der Waals surface area (Å²) in [5, 5.41) is 6.14. The maximum absolute atomic E-state index is 11.8. The van der Waals surface area contributed by atoms with Crippen molar-refractivity contribution >= 4 is 18.3 Å². The van der Waals surface area contributed by atoms with Gasteiger partial charge in [0.15, 0.2) is 0 Å². The lowest BCUT2D eigenvalue weighted by Gasteiger charge is -2.11. The van der Waals surface area contributed by atoms with E-state index in [4.69, 9.17) is 9.47 Å². The Bertz CT molecular complexity index is 419. The van der Waals surface area contributed by atoms with Gasteiger partial charge in [-0.15, -0.1) is 12.4 Å². The molecule has 2 rings (SSSR count). The van der Waals surface area contributed by atoms with Crippen LogP contribution in [-0.2, 0) is 16.1 Å². The van der Waals surface area contributed by atoms with Crippen molar-refractivity contribution in [1.82, 2.24) is 10.6 Å². The van der Waals surface area contributed by atoms with Crippen molar-refractivity contribution in [3.63, 3.8) is 0 Å². The molecule has 1 atom stereocenters. The lowest BCUT2D eigenvalue weighted by atomic mass is 10.2. The van der Waals surface area contributed by atoms with Gasteiger partial charge < -0.3 is 20.1 Å². The van der Waals surface area contributed by atoms with Crippen molar-refractivity contribution in [2.45, 2.75) is 25.4 Å². The summed E-state index contributed by atoms with van der Waals surface area (Å²) in [5.74, 6) is 0.900. The first-order chi connectivity index (χ1) is 9.79. The number of amides is 1. The van der Waals surface area contributed by atoms with Gasteiger partial charge in [-0.2, -0.15) is 0 Å². The second-order valence-corrected chi connectivity index (χ2v) is 4.85. The van der Waals surface area contributed by atoms with Crippen LogP contribution >= 0.6 is 12.4 Å². The molecular weight excluding hydrogens is 292 g/mol. The SMILES string of the molecule is COCCOc1ccc(CNC(=O)C2CCCN2)cc1.Cl. The van der Waals surface area contributed by atoms with Crippen LogP contribution < -0.4 is 15.4 Å². The zero-order valence-corrected chi connectivity index (χ0v) is 13.1. The molecule has 1 amide bonds. The number of hydrogen-bond donors (Lipinski definition) is 2. The first-order valence-corrected chi connectivity index (χ1v) is 7.01. The Hall–Kier alpha value is -1.30. The minimum atomic E-state index is -0.0216. The molecule has 1 unspecified atom stereocenters. The van der Waals surface area contributed by atoms with Gasteiger partial charge in [0.1, 0.15) is 12.4 Å². The van der Waals surface area contributed by atoms with Gasteiger partial charge >= 0.3 is 0 Å². The van der Waals surface area contributed by atoms with E-state index in [1.165, 1.54) is 0 Å². The Morgan fingerprint density at radius 2 is 2.10 bits per heavy atom. The van der Waals surface area contributed by atoms with E-state index < -0.39 is 0 Å². The predicted molar refractivity (Wildman–Crippen MR) is 83.9 cm³/mol. The molecule has 21 heavy (non-hydrogen) atoms. The van der Waals surface area contributed by atoms with Gasteiger partial charge in [-0.1, -0.05) is 12.1 Å². The molecule has 0 spiro atoms. The highest BCUT2D eigenvalue weighted by Crippen LogP contribution is 2.12. The van der Waals surface area contributed by atoms with Crippen LogP contribution in [0.5, 0.6) is 5.75 Å². The summed E-state index contributed by atoms with van der Waals surface area (Å²) in [6.07, 6.45) is 2.00. The molecule has 1 aliphatic heterocycles. The van der Waals surface area contributed by atoms with Crippen molar-refractivity contribution in [3.8, 4) is 5.75 Å². The highest BCUT2D eigenvalue weighted by atomic mass is 35.5. The van der Waals surface area contributed by atoms with Crippen LogP contribution in [0, 0.1) is 0 Å². The summed E-state index contributed by atoms with van der Waals surface area (Å²) in [6, 6.07) is 7.72. The van der Waals surface area contributed by atoms with Gasteiger partial charge in [-0.3, -0.25) is 4.79 Å². The van der Waals surface area contributed by atoms with Gasteiger partial charge in [0.05, 0.1) is 12.6 Å². The van der Waals surface area contributed by atoms with E-state index in [0.29, 0.717) is 19.8 Å². The zero-order valence-electron chi connectivity index (χ0n) is 12.3. The molecule has 1 saturated heterocycles. The summed E-state index contributed by atoms with van der Waals surface area (Å²) >= 11 is 0. The number of nitrogens with one attached hydrogen (secondary N) is 2. The average molecular weight is 315 g/mol. The van der Waals surface area contributed by atoms with Crippen LogP contribution in [0.1, 0.15) is 18.4 Å². The summed E-state index contributed by atoms with van der Waals surface area (Å²) < 4.78 is 10.4. The lowest BCUT2D eigenvalue weighted by Crippen LogP contribution is -2.39. The zero-order chi connectivity index (χ0) is 14.2. The number of carbonyl (C=O) groups is 1. The molecule has 0 aliphatic carbocycles. The normalized spacial score (nSPS) is 17.1. The standard InChI is InChI=1S/C15H22N2O3.ClH/c1-19-9-10-20-13-6-4-12(5-7-13)11-17-15(18)14-3-2-8-16-14;/h4-7,14,16H,2-3,8-11H2,1H3,(H,17,18);1H. The Morgan fingerprint density at radius 1 is 1.33 bits per heavy atom. The van der Waals surface area contributed by atoms with Crippen molar-refractivity contribution in [2.75, 3.05) is 26.9 Å². The fourth-order valence-corrected chi connectivity index (χ4v) is 2.17. The van der Waals surface area contributed by atoms with E-state index in [0.717, 1.165) is 30.7 Å². The Labute approximate surface area is 131 Å². The third kappa shape index (κ3) is 5.91. The number of methoxy groups -OCH3 is 1. The van der Waals surface area contributed by atoms with Crippen LogP contribution in [0.15, 0.2) is 24.3 Å². The third-order valence-corrected chi connectivity index (χ3v) is 3.32. The van der Waals surface area contributed by atoms with E-state index in [1.807, 2.05) is 24.3 Å². The molecule has 6 heteroatoms. The number of halogens is 1. The Balaban J connectivity index is 0.00000220. The highest BCUT2D eigenvalue weighted by Gasteiger charge is 2.21. The van der Waals surface area contributed by atoms with E-state index in [1.54, 1.807) is 7.11 Å². The van der Waals surface area contributed by atoms with Crippen LogP contribution in [0.2, 0.25) is 0 Å². The second-order valence-electron chi connectivity index (χ2n) is 4.85. The van der Waals surface area contributed by atoms with Gasteiger partial charge in [0.25, 0.3) is 0 Å². The molecule has 5 nitrogen and oxygen atoms in total. The Kier molecular flexibility index (Phi) is 8.12. The molecule has 2 N–H and O–H groups in total. The summed E-state index contributed by atoms with van der Waals surface area (Å²) in [7, 11) is 1.65. The predicted octanol–water partition coefficient (Wildman–Crippen LogP) is 1.50. The van der Waals surface area contributed by atoms with E-state index in [9.17, 15) is 4.79 Å². The molecular formula is C15H23ClN2O3. The fraction of sp³-hybridized carbons (Fsp3) is 0.533. The van der Waals surface area contributed by atoms with Crippen molar-refractivity contribution in [1.29, 1.82) is 0 Å². The lowest BCUT2D eigenvalue weighted by molar-refractivity contribution is -0.122. The average Bonchev–Trinajstić information content (AvgIpc) is 3.01. The Morgan fingerprint density at radius 3 is 2.71 bits per heavy atom. The summed E-state index contributed by atoms with van der Waals surface area (Å²) in [5.41, 5.74) is 1.07. The van der Waals surface area contributed by atoms with E-state index in [-0.39, 0.29) is 24.4 Å². The van der Waals surface area contributed by atoms with Crippen LogP contribution in [0.3, 0.4) is 0 Å². The molecule has 0 radical (unpaired) electrons. The minimum Gasteiger partial charge on any atom is -0.491 e. The molecule has 1 aliphatic rings. The molecule has 1 fully saturated rings. The van der Waals surface area contributed by atoms with Crippen LogP contribution in [0.4, 0.5) is 0 Å². The molecule has 1 aromatic rings. The van der Waals surface area contributed by atoms with Gasteiger partial charge in [0, 0.05) is 13.7 Å². The van der Waals surface area contributed by atoms with Gasteiger partial charge in [0.2, 0.25) is 5.91 Å². The fourth-order valence-electron chi connectivity index (χ4n) is 2.17. The quantitative estimate of drug-likeness (QED) is 0.749. The van der Waals surface area contributed by atoms with Gasteiger partial charge in [-0.25, -0.2) is 0 Å². The summed E-state index contributed by atoms with van der Waals surface area (Å²) in [6.45, 7) is 2.60. The summed E-state index contributed by atoms with van der Waals surface area (Å²) in [4.78, 5) is 11.8. The minimum absolute atomic E-state index is 0. The number of hydrogen-bond acceptors (Lipinski definition) is 4. The molecule has 0 saturated carbocycles. The number of benzene rings is 1. The first kappa shape index (κ1) is 17.8. The van der Waals surface area contributed by atoms with Crippen LogP contribution in [-0.4, -0.2) is 38.8 Å². The maximum Gasteiger partial charge on any atom is 0.237 e. The van der Waals surface area contributed by atoms with Crippen molar-refractivity contribution < 1.29 is 14.3 Å². The van der Waals surface area contributed by atoms with Crippen molar-refractivity contribution in [2.24, 2.45) is 0 Å². The number of rotatable bonds is 7.